The molecule has 2 unspecified atom stereocenters. The highest BCUT2D eigenvalue weighted by molar-refractivity contribution is 5.90. The van der Waals surface area contributed by atoms with Crippen LogP contribution in [0.15, 0.2) is 34.9 Å². The molecule has 0 saturated carbocycles. The first-order valence-electron chi connectivity index (χ1n) is 6.15. The molecule has 0 aliphatic heterocycles. The minimum absolute atomic E-state index is 0.333. The summed E-state index contributed by atoms with van der Waals surface area (Å²) in [4.78, 5) is 0. The lowest BCUT2D eigenvalue weighted by molar-refractivity contribution is 0.567. The molecule has 0 bridgehead atoms. The molecule has 0 fully saturated rings. The van der Waals surface area contributed by atoms with Gasteiger partial charge in [0.05, 0.1) is 0 Å². The van der Waals surface area contributed by atoms with Gasteiger partial charge in [-0.2, -0.15) is 0 Å². The van der Waals surface area contributed by atoms with E-state index in [1.807, 2.05) is 0 Å². The molecule has 0 radical (unpaired) electrons. The molecule has 0 aromatic heterocycles. The van der Waals surface area contributed by atoms with Crippen LogP contribution in [0, 0.1) is 23.2 Å². The molecule has 0 heterocycles. The van der Waals surface area contributed by atoms with Crippen LogP contribution < -0.4 is 0 Å². The van der Waals surface area contributed by atoms with Crippen molar-refractivity contribution < 1.29 is 0 Å². The van der Waals surface area contributed by atoms with Crippen molar-refractivity contribution in [2.75, 3.05) is 0 Å². The summed E-state index contributed by atoms with van der Waals surface area (Å²) in [6.07, 6.45) is 7.81. The van der Waals surface area contributed by atoms with Gasteiger partial charge in [-0.25, -0.2) is 0 Å². The predicted octanol–water partition coefficient (Wildman–Crippen LogP) is 4.13. The van der Waals surface area contributed by atoms with Crippen molar-refractivity contribution in [1.82, 2.24) is 0 Å². The number of nitrogens with one attached hydrogen (secondary N) is 1. The molecule has 2 aliphatic carbocycles. The molecule has 0 aromatic rings. The Morgan fingerprint density at radius 2 is 1.94 bits per heavy atom. The summed E-state index contributed by atoms with van der Waals surface area (Å²) in [5.74, 6) is 1.19. The normalized spacial score (nSPS) is 34.6. The molecule has 1 heteroatoms. The Kier molecular flexibility index (Phi) is 2.88. The van der Waals surface area contributed by atoms with Crippen LogP contribution in [-0.2, 0) is 0 Å². The van der Waals surface area contributed by atoms with Gasteiger partial charge in [-0.1, -0.05) is 43.2 Å². The fraction of sp³-hybridized carbons (Fsp3) is 0.533. The zero-order valence-electron chi connectivity index (χ0n) is 10.7. The first kappa shape index (κ1) is 11.4. The van der Waals surface area contributed by atoms with Gasteiger partial charge >= 0.3 is 0 Å². The van der Waals surface area contributed by atoms with E-state index in [0.717, 1.165) is 12.1 Å². The molecule has 86 valence electrons. The monoisotopic (exact) mass is 215 g/mol. The molecule has 3 atom stereocenters. The van der Waals surface area contributed by atoms with E-state index in [1.165, 1.54) is 16.7 Å². The van der Waals surface area contributed by atoms with Gasteiger partial charge in [-0.15, -0.1) is 0 Å². The topological polar surface area (TPSA) is 23.9 Å². The van der Waals surface area contributed by atoms with E-state index in [1.54, 1.807) is 0 Å². The lowest BCUT2D eigenvalue weighted by atomic mass is 9.78. The highest BCUT2D eigenvalue weighted by Gasteiger charge is 2.29. The number of hydrogen-bond donors (Lipinski definition) is 1. The van der Waals surface area contributed by atoms with Crippen LogP contribution in [0.25, 0.3) is 0 Å². The van der Waals surface area contributed by atoms with E-state index in [-0.39, 0.29) is 0 Å². The van der Waals surface area contributed by atoms with Gasteiger partial charge in [0.15, 0.2) is 0 Å². The zero-order chi connectivity index (χ0) is 11.9. The van der Waals surface area contributed by atoms with Crippen molar-refractivity contribution in [2.45, 2.75) is 34.1 Å². The quantitative estimate of drug-likeness (QED) is 0.628. The number of allylic oxidation sites excluding steroid dienone is 6. The maximum absolute atomic E-state index is 8.34. The number of fused-ring (bicyclic) bond motifs is 1. The summed E-state index contributed by atoms with van der Waals surface area (Å²) < 4.78 is 0. The van der Waals surface area contributed by atoms with E-state index in [0.29, 0.717) is 17.8 Å². The van der Waals surface area contributed by atoms with E-state index < -0.39 is 0 Å². The van der Waals surface area contributed by atoms with Gasteiger partial charge in [0.1, 0.15) is 0 Å². The lowest BCUT2D eigenvalue weighted by Crippen LogP contribution is -2.25. The largest absolute Gasteiger partial charge is 0.309 e. The average molecular weight is 215 g/mol. The SMILES string of the molecule is CC1=C(C)CC2C(=N)[C@H](C)C(C)C=CC2=C1. The highest BCUT2D eigenvalue weighted by atomic mass is 14.5. The minimum atomic E-state index is 0.333. The maximum atomic E-state index is 8.34. The fourth-order valence-electron chi connectivity index (χ4n) is 2.54. The van der Waals surface area contributed by atoms with Crippen LogP contribution in [0.2, 0.25) is 0 Å². The van der Waals surface area contributed by atoms with Crippen molar-refractivity contribution in [2.24, 2.45) is 17.8 Å². The Labute approximate surface area is 98.5 Å². The number of hydrogen-bond acceptors (Lipinski definition) is 1. The molecule has 2 aliphatic rings. The van der Waals surface area contributed by atoms with Crippen molar-refractivity contribution >= 4 is 5.71 Å². The van der Waals surface area contributed by atoms with Crippen molar-refractivity contribution in [3.05, 3.63) is 34.9 Å². The summed E-state index contributed by atoms with van der Waals surface area (Å²) in [7, 11) is 0. The second-order valence-corrected chi connectivity index (χ2v) is 5.33. The summed E-state index contributed by atoms with van der Waals surface area (Å²) >= 11 is 0. The highest BCUT2D eigenvalue weighted by Crippen LogP contribution is 2.36. The molecular formula is C15H21N. The van der Waals surface area contributed by atoms with Crippen LogP contribution in [0.3, 0.4) is 0 Å². The van der Waals surface area contributed by atoms with E-state index in [2.05, 4.69) is 45.9 Å². The summed E-state index contributed by atoms with van der Waals surface area (Å²) in [5, 5.41) is 8.34. The van der Waals surface area contributed by atoms with E-state index in [9.17, 15) is 0 Å². The third-order valence-corrected chi connectivity index (χ3v) is 4.22. The standard InChI is InChI=1S/C15H21N/c1-9-5-6-13-7-10(2)11(3)8-14(13)15(16)12(9)4/h5-7,9,12,14,16H,8H2,1-4H3/t9?,12-,14?/m1/s1. The molecule has 1 N–H and O–H groups in total. The fourth-order valence-corrected chi connectivity index (χ4v) is 2.54. The summed E-state index contributed by atoms with van der Waals surface area (Å²) in [5.41, 5.74) is 5.07. The molecule has 0 saturated heterocycles. The van der Waals surface area contributed by atoms with Gasteiger partial charge in [0.2, 0.25) is 0 Å². The summed E-state index contributed by atoms with van der Waals surface area (Å²) in [6.45, 7) is 8.76. The Balaban J connectivity index is 2.42. The maximum Gasteiger partial charge on any atom is 0.0256 e. The van der Waals surface area contributed by atoms with Crippen LogP contribution in [0.5, 0.6) is 0 Å². The van der Waals surface area contributed by atoms with Crippen LogP contribution in [0.4, 0.5) is 0 Å². The van der Waals surface area contributed by atoms with Crippen LogP contribution in [0.1, 0.15) is 34.1 Å². The van der Waals surface area contributed by atoms with Crippen molar-refractivity contribution in [3.63, 3.8) is 0 Å². The first-order chi connectivity index (χ1) is 7.50. The molecule has 0 spiro atoms. The van der Waals surface area contributed by atoms with Gasteiger partial charge < -0.3 is 5.41 Å². The van der Waals surface area contributed by atoms with Gasteiger partial charge in [-0.3, -0.25) is 0 Å². The second-order valence-electron chi connectivity index (χ2n) is 5.33. The summed E-state index contributed by atoms with van der Waals surface area (Å²) in [6, 6.07) is 0. The number of rotatable bonds is 0. The lowest BCUT2D eigenvalue weighted by Gasteiger charge is -2.27. The first-order valence-corrected chi connectivity index (χ1v) is 6.15. The second kappa shape index (κ2) is 4.04. The zero-order valence-corrected chi connectivity index (χ0v) is 10.7. The smallest absolute Gasteiger partial charge is 0.0256 e. The molecule has 0 aromatic carbocycles. The average Bonchev–Trinajstić information content (AvgIpc) is 2.35. The Hall–Kier alpha value is -1.11. The van der Waals surface area contributed by atoms with Crippen LogP contribution in [-0.4, -0.2) is 5.71 Å². The van der Waals surface area contributed by atoms with Crippen molar-refractivity contribution in [1.29, 1.82) is 5.41 Å². The third kappa shape index (κ3) is 1.79. The third-order valence-electron chi connectivity index (χ3n) is 4.22. The van der Waals surface area contributed by atoms with E-state index >= 15 is 0 Å². The Bertz CT molecular complexity index is 409. The van der Waals surface area contributed by atoms with E-state index in [4.69, 9.17) is 5.41 Å². The Morgan fingerprint density at radius 1 is 1.25 bits per heavy atom. The van der Waals surface area contributed by atoms with Crippen molar-refractivity contribution in [3.8, 4) is 0 Å². The Morgan fingerprint density at radius 3 is 2.62 bits per heavy atom. The molecule has 16 heavy (non-hydrogen) atoms. The van der Waals surface area contributed by atoms with Crippen LogP contribution >= 0.6 is 0 Å². The predicted molar refractivity (Wildman–Crippen MR) is 69.8 cm³/mol. The van der Waals surface area contributed by atoms with Gasteiger partial charge in [-0.05, 0) is 31.8 Å². The molecular weight excluding hydrogens is 194 g/mol. The molecule has 1 nitrogen and oxygen atoms in total. The van der Waals surface area contributed by atoms with Gasteiger partial charge in [0, 0.05) is 17.5 Å². The molecule has 0 amide bonds. The van der Waals surface area contributed by atoms with Gasteiger partial charge in [0.25, 0.3) is 0 Å². The molecule has 2 rings (SSSR count). The minimum Gasteiger partial charge on any atom is -0.309 e.